The van der Waals surface area contributed by atoms with Crippen molar-refractivity contribution in [2.45, 2.75) is 81.9 Å². The molecule has 246 valence electrons. The number of aliphatic hydroxyl groups excluding tert-OH is 1. The number of carbonyl (C=O) groups is 1. The van der Waals surface area contributed by atoms with Gasteiger partial charge in [0.15, 0.2) is 0 Å². The minimum Gasteiger partial charge on any atom is -0.390 e. The number of fused-ring (bicyclic) bond motifs is 1. The minimum absolute atomic E-state index is 0.0587. The summed E-state index contributed by atoms with van der Waals surface area (Å²) in [6.07, 6.45) is 3.94. The van der Waals surface area contributed by atoms with Crippen LogP contribution in [-0.2, 0) is 21.2 Å². The van der Waals surface area contributed by atoms with Crippen molar-refractivity contribution in [1.29, 1.82) is 0 Å². The van der Waals surface area contributed by atoms with E-state index in [2.05, 4.69) is 5.32 Å². The van der Waals surface area contributed by atoms with Crippen LogP contribution in [0.1, 0.15) is 58.4 Å². The molecule has 0 unspecified atom stereocenters. The summed E-state index contributed by atoms with van der Waals surface area (Å²) in [7, 11) is -4.33. The Balaban J connectivity index is 1.58. The minimum atomic E-state index is -4.33. The highest BCUT2D eigenvalue weighted by Crippen LogP contribution is 2.39. The van der Waals surface area contributed by atoms with Crippen LogP contribution >= 0.6 is 0 Å². The third-order valence-corrected chi connectivity index (χ3v) is 10.5. The summed E-state index contributed by atoms with van der Waals surface area (Å²) in [5, 5.41) is 37.1. The second-order valence-electron chi connectivity index (χ2n) is 13.2. The molecule has 1 saturated heterocycles. The van der Waals surface area contributed by atoms with E-state index in [1.165, 1.54) is 36.4 Å². The number of aliphatic hydroxyl groups is 1. The molecule has 0 spiro atoms. The number of rotatable bonds is 12. The van der Waals surface area contributed by atoms with Gasteiger partial charge in [-0.1, -0.05) is 37.5 Å². The maximum atomic E-state index is 13.9. The topological polar surface area (TPSA) is 176 Å². The Morgan fingerprint density at radius 3 is 2.31 bits per heavy atom. The van der Waals surface area contributed by atoms with Crippen LogP contribution < -0.4 is 5.32 Å². The van der Waals surface area contributed by atoms with Crippen molar-refractivity contribution in [3.05, 3.63) is 74.3 Å². The SMILES string of the molecule is CC(C)(C)NC(=O)[C@@H]1C[C@@H]2CCCC[C@@H]2CN1C[C@@H](O)CN(CCc1cccc([N+](=O)[O-])c1)S(=O)(=O)c1cccc([N+](=O)[O-])c1. The molecule has 0 radical (unpaired) electrons. The number of amides is 1. The summed E-state index contributed by atoms with van der Waals surface area (Å²) in [6.45, 7) is 5.94. The normalized spacial score (nSPS) is 21.6. The van der Waals surface area contributed by atoms with Crippen LogP contribution in [0.4, 0.5) is 11.4 Å². The zero-order valence-corrected chi connectivity index (χ0v) is 26.8. The molecular formula is C31H43N5O8S. The number of nitro benzene ring substituents is 2. The van der Waals surface area contributed by atoms with Crippen LogP contribution in [0.15, 0.2) is 53.4 Å². The molecule has 0 aromatic heterocycles. The molecule has 14 heteroatoms. The van der Waals surface area contributed by atoms with E-state index in [1.54, 1.807) is 6.07 Å². The first-order valence-corrected chi connectivity index (χ1v) is 16.8. The van der Waals surface area contributed by atoms with Gasteiger partial charge in [-0.15, -0.1) is 0 Å². The summed E-state index contributed by atoms with van der Waals surface area (Å²) >= 11 is 0. The van der Waals surface area contributed by atoms with Crippen LogP contribution in [0.25, 0.3) is 0 Å². The monoisotopic (exact) mass is 645 g/mol. The second-order valence-corrected chi connectivity index (χ2v) is 15.1. The number of non-ortho nitro benzene ring substituents is 2. The summed E-state index contributed by atoms with van der Waals surface area (Å²) < 4.78 is 28.8. The predicted octanol–water partition coefficient (Wildman–Crippen LogP) is 3.89. The molecule has 1 amide bonds. The second kappa shape index (κ2) is 14.3. The lowest BCUT2D eigenvalue weighted by Crippen LogP contribution is -2.59. The average molecular weight is 646 g/mol. The number of nitro groups is 2. The number of nitrogens with zero attached hydrogens (tertiary/aromatic N) is 4. The molecule has 45 heavy (non-hydrogen) atoms. The first kappa shape index (κ1) is 34.4. The zero-order chi connectivity index (χ0) is 32.9. The van der Waals surface area contributed by atoms with E-state index in [9.17, 15) is 38.5 Å². The van der Waals surface area contributed by atoms with Crippen LogP contribution in [0, 0.1) is 32.1 Å². The van der Waals surface area contributed by atoms with E-state index >= 15 is 0 Å². The van der Waals surface area contributed by atoms with Crippen molar-refractivity contribution in [2.24, 2.45) is 11.8 Å². The van der Waals surface area contributed by atoms with Gasteiger partial charge in [-0.25, -0.2) is 8.42 Å². The number of likely N-dealkylation sites (tertiary alicyclic amines) is 1. The molecule has 2 aromatic rings. The van der Waals surface area contributed by atoms with E-state index in [0.717, 1.165) is 36.1 Å². The molecule has 1 aliphatic carbocycles. The number of benzene rings is 2. The van der Waals surface area contributed by atoms with Gasteiger partial charge in [-0.05, 0) is 63.5 Å². The first-order chi connectivity index (χ1) is 21.1. The van der Waals surface area contributed by atoms with Gasteiger partial charge in [0.25, 0.3) is 11.4 Å². The number of β-amino-alcohol motifs (C(OH)–C–C–N with tert-alkyl or cyclic N) is 1. The molecule has 4 atom stereocenters. The Bertz CT molecular complexity index is 1490. The largest absolute Gasteiger partial charge is 0.390 e. The molecule has 0 bridgehead atoms. The lowest BCUT2D eigenvalue weighted by Gasteiger charge is -2.46. The lowest BCUT2D eigenvalue weighted by atomic mass is 9.72. The molecule has 4 rings (SSSR count). The molecule has 2 fully saturated rings. The highest BCUT2D eigenvalue weighted by atomic mass is 32.2. The maximum Gasteiger partial charge on any atom is 0.270 e. The van der Waals surface area contributed by atoms with Crippen molar-refractivity contribution < 1.29 is 28.2 Å². The average Bonchev–Trinajstić information content (AvgIpc) is 2.98. The van der Waals surface area contributed by atoms with Gasteiger partial charge in [0, 0.05) is 56.0 Å². The van der Waals surface area contributed by atoms with Gasteiger partial charge in [-0.3, -0.25) is 29.9 Å². The highest BCUT2D eigenvalue weighted by molar-refractivity contribution is 7.89. The van der Waals surface area contributed by atoms with Crippen LogP contribution in [0.2, 0.25) is 0 Å². The molecule has 2 N–H and O–H groups in total. The molecule has 2 aromatic carbocycles. The van der Waals surface area contributed by atoms with Crippen molar-refractivity contribution in [3.63, 3.8) is 0 Å². The number of hydrogen-bond acceptors (Lipinski definition) is 9. The number of nitrogens with one attached hydrogen (secondary N) is 1. The predicted molar refractivity (Wildman–Crippen MR) is 168 cm³/mol. The summed E-state index contributed by atoms with van der Waals surface area (Å²) in [6, 6.07) is 10.1. The molecular weight excluding hydrogens is 602 g/mol. The highest BCUT2D eigenvalue weighted by Gasteiger charge is 2.41. The fourth-order valence-corrected chi connectivity index (χ4v) is 8.00. The number of piperidine rings is 1. The van der Waals surface area contributed by atoms with Crippen LogP contribution in [-0.4, -0.2) is 82.3 Å². The molecule has 2 aliphatic rings. The molecule has 1 saturated carbocycles. The summed E-state index contributed by atoms with van der Waals surface area (Å²) in [5.41, 5.74) is -0.443. The van der Waals surface area contributed by atoms with Crippen molar-refractivity contribution in [2.75, 3.05) is 26.2 Å². The van der Waals surface area contributed by atoms with Gasteiger partial charge in [-0.2, -0.15) is 4.31 Å². The van der Waals surface area contributed by atoms with E-state index in [0.29, 0.717) is 30.4 Å². The molecule has 1 aliphatic heterocycles. The lowest BCUT2D eigenvalue weighted by molar-refractivity contribution is -0.385. The Morgan fingerprint density at radius 1 is 1.04 bits per heavy atom. The van der Waals surface area contributed by atoms with Gasteiger partial charge in [0.1, 0.15) is 0 Å². The Hall–Kier alpha value is -3.46. The fraction of sp³-hybridized carbons (Fsp3) is 0.581. The van der Waals surface area contributed by atoms with E-state index in [1.807, 2.05) is 25.7 Å². The summed E-state index contributed by atoms with van der Waals surface area (Å²) in [4.78, 5) is 36.5. The van der Waals surface area contributed by atoms with Crippen molar-refractivity contribution in [3.8, 4) is 0 Å². The third kappa shape index (κ3) is 9.06. The van der Waals surface area contributed by atoms with Gasteiger partial charge in [0.2, 0.25) is 15.9 Å². The van der Waals surface area contributed by atoms with E-state index in [4.69, 9.17) is 0 Å². The van der Waals surface area contributed by atoms with Gasteiger partial charge in [0.05, 0.1) is 26.9 Å². The quantitative estimate of drug-likeness (QED) is 0.256. The van der Waals surface area contributed by atoms with E-state index in [-0.39, 0.29) is 42.5 Å². The van der Waals surface area contributed by atoms with Crippen molar-refractivity contribution in [1.82, 2.24) is 14.5 Å². The number of carbonyl (C=O) groups excluding carboxylic acids is 1. The Labute approximate surface area is 264 Å². The number of hydrogen-bond donors (Lipinski definition) is 2. The summed E-state index contributed by atoms with van der Waals surface area (Å²) in [5.74, 6) is 0.692. The zero-order valence-electron chi connectivity index (χ0n) is 26.0. The first-order valence-electron chi connectivity index (χ1n) is 15.4. The third-order valence-electron chi connectivity index (χ3n) is 8.60. The fourth-order valence-electron chi connectivity index (χ4n) is 6.49. The standard InChI is InChI=1S/C31H43N5O8S/c1-31(2,3)32-30(38)29-17-23-9-4-5-10-24(23)19-33(29)20-27(37)21-34(15-14-22-8-6-11-25(16-22)35(39)40)45(43,44)28-13-7-12-26(18-28)36(41)42/h6-8,11-13,16,18,23-24,27,29,37H,4-5,9-10,14-15,17,19-21H2,1-3H3,(H,32,38)/t23-,24+,27+,29-/m0/s1. The smallest absolute Gasteiger partial charge is 0.270 e. The van der Waals surface area contributed by atoms with E-state index < -0.39 is 43.2 Å². The Morgan fingerprint density at radius 2 is 1.67 bits per heavy atom. The molecule has 1 heterocycles. The van der Waals surface area contributed by atoms with Crippen LogP contribution in [0.5, 0.6) is 0 Å². The molecule has 13 nitrogen and oxygen atoms in total. The maximum absolute atomic E-state index is 13.9. The Kier molecular flexibility index (Phi) is 10.9. The number of sulfonamides is 1. The van der Waals surface area contributed by atoms with Crippen LogP contribution in [0.3, 0.4) is 0 Å². The van der Waals surface area contributed by atoms with Gasteiger partial charge < -0.3 is 10.4 Å². The van der Waals surface area contributed by atoms with Crippen molar-refractivity contribution >= 4 is 27.3 Å². The van der Waals surface area contributed by atoms with Gasteiger partial charge >= 0.3 is 0 Å².